The van der Waals surface area contributed by atoms with Crippen LogP contribution in [0.3, 0.4) is 0 Å². The second-order valence-electron chi connectivity index (χ2n) is 5.10. The van der Waals surface area contributed by atoms with E-state index in [-0.39, 0.29) is 30.0 Å². The first kappa shape index (κ1) is 18.7. The van der Waals surface area contributed by atoms with Crippen LogP contribution in [-0.2, 0) is 14.8 Å². The number of hydrogen-bond donors (Lipinski definition) is 3. The molecule has 1 aliphatic heterocycles. The third-order valence-corrected chi connectivity index (χ3v) is 4.82. The van der Waals surface area contributed by atoms with Gasteiger partial charge in [-0.25, -0.2) is 8.42 Å². The van der Waals surface area contributed by atoms with E-state index in [4.69, 9.17) is 0 Å². The molecule has 6 nitrogen and oxygen atoms in total. The zero-order valence-corrected chi connectivity index (χ0v) is 14.1. The molecule has 1 aliphatic rings. The van der Waals surface area contributed by atoms with E-state index in [1.54, 1.807) is 31.2 Å². The lowest BCUT2D eigenvalue weighted by Crippen LogP contribution is -2.34. The number of amides is 1. The van der Waals surface area contributed by atoms with E-state index in [1.807, 2.05) is 0 Å². The molecular formula is C14H22ClN3O3S. The highest BCUT2D eigenvalue weighted by Gasteiger charge is 2.20. The predicted octanol–water partition coefficient (Wildman–Crippen LogP) is 1.81. The second-order valence-corrected chi connectivity index (χ2v) is 7.11. The monoisotopic (exact) mass is 347 g/mol. The number of benzene rings is 1. The summed E-state index contributed by atoms with van der Waals surface area (Å²) < 4.78 is 25.4. The van der Waals surface area contributed by atoms with Crippen molar-refractivity contribution in [2.75, 3.05) is 28.9 Å². The zero-order chi connectivity index (χ0) is 15.3. The van der Waals surface area contributed by atoms with E-state index in [0.717, 1.165) is 25.9 Å². The largest absolute Gasteiger partial charge is 0.326 e. The molecule has 0 bridgehead atoms. The molecule has 124 valence electrons. The summed E-state index contributed by atoms with van der Waals surface area (Å²) in [5, 5.41) is 6.09. The third-order valence-electron chi connectivity index (χ3n) is 3.52. The number of piperidine rings is 1. The van der Waals surface area contributed by atoms with E-state index < -0.39 is 10.0 Å². The molecule has 3 N–H and O–H groups in total. The van der Waals surface area contributed by atoms with Crippen molar-refractivity contribution in [2.24, 2.45) is 5.92 Å². The minimum Gasteiger partial charge on any atom is -0.326 e. The van der Waals surface area contributed by atoms with Gasteiger partial charge in [-0.1, -0.05) is 0 Å². The van der Waals surface area contributed by atoms with Crippen molar-refractivity contribution in [3.63, 3.8) is 0 Å². The summed E-state index contributed by atoms with van der Waals surface area (Å²) in [6.45, 7) is 3.32. The molecular weight excluding hydrogens is 326 g/mol. The highest BCUT2D eigenvalue weighted by molar-refractivity contribution is 7.92. The number of halogens is 1. The first-order valence-electron chi connectivity index (χ1n) is 7.12. The molecule has 0 radical (unpaired) electrons. The van der Waals surface area contributed by atoms with Crippen molar-refractivity contribution >= 4 is 39.7 Å². The summed E-state index contributed by atoms with van der Waals surface area (Å²) in [4.78, 5) is 12.1. The van der Waals surface area contributed by atoms with E-state index in [0.29, 0.717) is 11.4 Å². The molecule has 0 spiro atoms. The average Bonchev–Trinajstić information content (AvgIpc) is 2.50. The van der Waals surface area contributed by atoms with Crippen LogP contribution in [0.25, 0.3) is 0 Å². The van der Waals surface area contributed by atoms with Crippen molar-refractivity contribution < 1.29 is 13.2 Å². The van der Waals surface area contributed by atoms with Gasteiger partial charge in [0.05, 0.1) is 5.75 Å². The molecule has 2 rings (SSSR count). The van der Waals surface area contributed by atoms with Crippen LogP contribution >= 0.6 is 12.4 Å². The Hall–Kier alpha value is -1.31. The van der Waals surface area contributed by atoms with Crippen molar-refractivity contribution in [3.8, 4) is 0 Å². The lowest BCUT2D eigenvalue weighted by Gasteiger charge is -2.21. The van der Waals surface area contributed by atoms with E-state index in [1.165, 1.54) is 0 Å². The molecule has 22 heavy (non-hydrogen) atoms. The van der Waals surface area contributed by atoms with Crippen LogP contribution in [0.2, 0.25) is 0 Å². The number of anilines is 2. The van der Waals surface area contributed by atoms with Crippen molar-refractivity contribution in [1.29, 1.82) is 0 Å². The number of carbonyl (C=O) groups excluding carboxylic acids is 1. The third kappa shape index (κ3) is 5.47. The number of carbonyl (C=O) groups is 1. The molecule has 1 aromatic rings. The Balaban J connectivity index is 0.00000242. The van der Waals surface area contributed by atoms with Crippen molar-refractivity contribution in [2.45, 2.75) is 19.8 Å². The van der Waals surface area contributed by atoms with Gasteiger partial charge < -0.3 is 10.6 Å². The Morgan fingerprint density at radius 1 is 1.18 bits per heavy atom. The molecule has 0 saturated carbocycles. The van der Waals surface area contributed by atoms with Crippen LogP contribution in [0.1, 0.15) is 19.8 Å². The standard InChI is InChI=1S/C14H21N3O3S.ClH/c1-2-21(19,20)17-13-5-3-12(4-6-13)16-14(18)11-7-9-15-10-8-11;/h3-6,11,15,17H,2,7-10H2,1H3,(H,16,18);1H. The minimum atomic E-state index is -3.27. The van der Waals surface area contributed by atoms with E-state index in [2.05, 4.69) is 15.4 Å². The maximum absolute atomic E-state index is 12.1. The van der Waals surface area contributed by atoms with Gasteiger partial charge in [-0.15, -0.1) is 12.4 Å². The molecule has 1 heterocycles. The molecule has 1 saturated heterocycles. The van der Waals surface area contributed by atoms with Gasteiger partial charge in [-0.3, -0.25) is 9.52 Å². The Kier molecular flexibility index (Phi) is 7.12. The molecule has 1 aromatic carbocycles. The SMILES string of the molecule is CCS(=O)(=O)Nc1ccc(NC(=O)C2CCNCC2)cc1.Cl. The van der Waals surface area contributed by atoms with Gasteiger partial charge in [-0.05, 0) is 57.1 Å². The van der Waals surface area contributed by atoms with Crippen LogP contribution in [0.4, 0.5) is 11.4 Å². The number of hydrogen-bond acceptors (Lipinski definition) is 4. The molecule has 1 fully saturated rings. The predicted molar refractivity (Wildman–Crippen MR) is 91.0 cm³/mol. The lowest BCUT2D eigenvalue weighted by atomic mass is 9.97. The highest BCUT2D eigenvalue weighted by atomic mass is 35.5. The average molecular weight is 348 g/mol. The second kappa shape index (κ2) is 8.36. The Morgan fingerprint density at radius 2 is 1.73 bits per heavy atom. The fourth-order valence-corrected chi connectivity index (χ4v) is 2.84. The van der Waals surface area contributed by atoms with E-state index >= 15 is 0 Å². The smallest absolute Gasteiger partial charge is 0.232 e. The lowest BCUT2D eigenvalue weighted by molar-refractivity contribution is -0.120. The molecule has 0 aliphatic carbocycles. The van der Waals surface area contributed by atoms with Crippen LogP contribution in [0, 0.1) is 5.92 Å². The van der Waals surface area contributed by atoms with Gasteiger partial charge in [0.1, 0.15) is 0 Å². The maximum atomic E-state index is 12.1. The van der Waals surface area contributed by atoms with Gasteiger partial charge in [0.2, 0.25) is 15.9 Å². The summed E-state index contributed by atoms with van der Waals surface area (Å²) in [6, 6.07) is 6.69. The number of sulfonamides is 1. The maximum Gasteiger partial charge on any atom is 0.232 e. The van der Waals surface area contributed by atoms with Crippen molar-refractivity contribution in [3.05, 3.63) is 24.3 Å². The van der Waals surface area contributed by atoms with Crippen LogP contribution in [-0.4, -0.2) is 33.2 Å². The first-order valence-corrected chi connectivity index (χ1v) is 8.77. The fourth-order valence-electron chi connectivity index (χ4n) is 2.20. The molecule has 0 aromatic heterocycles. The minimum absolute atomic E-state index is 0. The van der Waals surface area contributed by atoms with Gasteiger partial charge in [0.15, 0.2) is 0 Å². The molecule has 0 unspecified atom stereocenters. The fraction of sp³-hybridized carbons (Fsp3) is 0.500. The van der Waals surface area contributed by atoms with Gasteiger partial charge in [0, 0.05) is 17.3 Å². The molecule has 1 amide bonds. The van der Waals surface area contributed by atoms with Crippen LogP contribution in [0.15, 0.2) is 24.3 Å². The molecule has 0 atom stereocenters. The summed E-state index contributed by atoms with van der Waals surface area (Å²) in [5.41, 5.74) is 1.18. The summed E-state index contributed by atoms with van der Waals surface area (Å²) >= 11 is 0. The first-order chi connectivity index (χ1) is 10.00. The zero-order valence-electron chi connectivity index (χ0n) is 12.5. The Labute approximate surface area is 137 Å². The van der Waals surface area contributed by atoms with Gasteiger partial charge >= 0.3 is 0 Å². The molecule has 8 heteroatoms. The number of rotatable bonds is 5. The van der Waals surface area contributed by atoms with Crippen LogP contribution < -0.4 is 15.4 Å². The van der Waals surface area contributed by atoms with Gasteiger partial charge in [0.25, 0.3) is 0 Å². The summed E-state index contributed by atoms with van der Waals surface area (Å²) in [7, 11) is -3.27. The van der Waals surface area contributed by atoms with Crippen LogP contribution in [0.5, 0.6) is 0 Å². The van der Waals surface area contributed by atoms with Gasteiger partial charge in [-0.2, -0.15) is 0 Å². The Morgan fingerprint density at radius 3 is 2.27 bits per heavy atom. The normalized spacial score (nSPS) is 15.7. The topological polar surface area (TPSA) is 87.3 Å². The Bertz CT molecular complexity index is 584. The van der Waals surface area contributed by atoms with Crippen molar-refractivity contribution in [1.82, 2.24) is 5.32 Å². The summed E-state index contributed by atoms with van der Waals surface area (Å²) in [6.07, 6.45) is 1.69. The van der Waals surface area contributed by atoms with E-state index in [9.17, 15) is 13.2 Å². The highest BCUT2D eigenvalue weighted by Crippen LogP contribution is 2.18. The summed E-state index contributed by atoms with van der Waals surface area (Å²) in [5.74, 6) is 0.101. The number of nitrogens with one attached hydrogen (secondary N) is 3. The quantitative estimate of drug-likeness (QED) is 0.758.